The van der Waals surface area contributed by atoms with Gasteiger partial charge in [0.2, 0.25) is 0 Å². The van der Waals surface area contributed by atoms with E-state index in [1.165, 1.54) is 0 Å². The van der Waals surface area contributed by atoms with Gasteiger partial charge in [0.25, 0.3) is 0 Å². The van der Waals surface area contributed by atoms with Gasteiger partial charge in [0, 0.05) is 11.8 Å². The van der Waals surface area contributed by atoms with Gasteiger partial charge in [0.1, 0.15) is 0 Å². The van der Waals surface area contributed by atoms with Crippen LogP contribution in [0.25, 0.3) is 0 Å². The maximum atomic E-state index is 10.1. The van der Waals surface area contributed by atoms with Crippen LogP contribution in [0.5, 0.6) is 0 Å². The lowest BCUT2D eigenvalue weighted by Crippen LogP contribution is -2.46. The highest BCUT2D eigenvalue weighted by molar-refractivity contribution is 5.12. The third-order valence-electron chi connectivity index (χ3n) is 3.47. The first-order chi connectivity index (χ1) is 6.27. The fourth-order valence-corrected chi connectivity index (χ4v) is 2.63. The first-order valence-electron chi connectivity index (χ1n) is 5.29. The summed E-state index contributed by atoms with van der Waals surface area (Å²) in [7, 11) is 0. The molecule has 0 radical (unpaired) electrons. The number of hydrogen-bond donors (Lipinski definition) is 1. The van der Waals surface area contributed by atoms with Crippen molar-refractivity contribution in [2.45, 2.75) is 45.0 Å². The monoisotopic (exact) mass is 182 g/mol. The molecule has 0 saturated carbocycles. The predicted molar refractivity (Wildman–Crippen MR) is 51.4 cm³/mol. The Labute approximate surface area is 79.6 Å². The predicted octanol–water partition coefficient (Wildman–Crippen LogP) is 1.74. The van der Waals surface area contributed by atoms with E-state index in [0.29, 0.717) is 11.8 Å². The maximum Gasteiger partial charge on any atom is 0.0817 e. The average Bonchev–Trinajstić information content (AvgIpc) is 2.52. The lowest BCUT2D eigenvalue weighted by Gasteiger charge is -2.39. The molecule has 13 heavy (non-hydrogen) atoms. The summed E-state index contributed by atoms with van der Waals surface area (Å²) in [5, 5.41) is 10.1. The molecule has 0 spiro atoms. The number of hydrogen-bond acceptors (Lipinski definition) is 2. The Hall–Kier alpha value is -0.340. The minimum absolute atomic E-state index is 0.172. The van der Waals surface area contributed by atoms with Crippen LogP contribution in [0.15, 0.2) is 12.2 Å². The lowest BCUT2D eigenvalue weighted by molar-refractivity contribution is -0.129. The summed E-state index contributed by atoms with van der Waals surface area (Å²) in [6.45, 7) is 4.24. The van der Waals surface area contributed by atoms with Crippen molar-refractivity contribution in [3.8, 4) is 0 Å². The van der Waals surface area contributed by atoms with Crippen LogP contribution in [0.4, 0.5) is 0 Å². The van der Waals surface area contributed by atoms with Gasteiger partial charge in [-0.3, -0.25) is 0 Å². The highest BCUT2D eigenvalue weighted by Gasteiger charge is 2.44. The zero-order valence-corrected chi connectivity index (χ0v) is 8.31. The zero-order valence-electron chi connectivity index (χ0n) is 8.31. The first kappa shape index (κ1) is 9.22. The number of rotatable bonds is 2. The van der Waals surface area contributed by atoms with E-state index in [9.17, 15) is 5.11 Å². The Morgan fingerprint density at radius 1 is 1.08 bits per heavy atom. The Bertz CT molecular complexity index is 192. The van der Waals surface area contributed by atoms with Gasteiger partial charge in [-0.2, -0.15) is 0 Å². The van der Waals surface area contributed by atoms with Crippen molar-refractivity contribution in [2.24, 2.45) is 11.8 Å². The highest BCUT2D eigenvalue weighted by Crippen LogP contribution is 2.38. The molecule has 5 atom stereocenters. The van der Waals surface area contributed by atoms with Crippen molar-refractivity contribution in [1.29, 1.82) is 0 Å². The summed E-state index contributed by atoms with van der Waals surface area (Å²) in [5.74, 6) is 0.611. The van der Waals surface area contributed by atoms with E-state index in [2.05, 4.69) is 26.0 Å². The number of ether oxygens (including phenoxy) is 1. The van der Waals surface area contributed by atoms with Crippen LogP contribution < -0.4 is 0 Å². The van der Waals surface area contributed by atoms with Gasteiger partial charge >= 0.3 is 0 Å². The third-order valence-corrected chi connectivity index (χ3v) is 3.47. The summed E-state index contributed by atoms with van der Waals surface area (Å²) < 4.78 is 5.80. The van der Waals surface area contributed by atoms with E-state index in [1.807, 2.05) is 0 Å². The molecule has 2 bridgehead atoms. The summed E-state index contributed by atoms with van der Waals surface area (Å²) in [5.41, 5.74) is 0. The third kappa shape index (κ3) is 1.32. The maximum absolute atomic E-state index is 10.1. The zero-order chi connectivity index (χ0) is 9.42. The summed E-state index contributed by atoms with van der Waals surface area (Å²) in [6.07, 6.45) is 6.42. The second kappa shape index (κ2) is 3.43. The minimum atomic E-state index is -0.172. The highest BCUT2D eigenvalue weighted by atomic mass is 16.5. The molecule has 2 heteroatoms. The molecule has 74 valence electrons. The van der Waals surface area contributed by atoms with Crippen molar-refractivity contribution < 1.29 is 9.84 Å². The molecule has 2 heterocycles. The molecule has 0 aliphatic carbocycles. The normalized spacial score (nSPS) is 48.4. The van der Waals surface area contributed by atoms with E-state index in [-0.39, 0.29) is 18.3 Å². The number of aliphatic hydroxyl groups is 1. The smallest absolute Gasteiger partial charge is 0.0817 e. The Kier molecular flexibility index (Phi) is 2.43. The van der Waals surface area contributed by atoms with Crippen LogP contribution in [0.3, 0.4) is 0 Å². The second-order valence-corrected chi connectivity index (χ2v) is 4.09. The van der Waals surface area contributed by atoms with Crippen molar-refractivity contribution in [3.05, 3.63) is 12.2 Å². The Morgan fingerprint density at radius 3 is 1.92 bits per heavy atom. The van der Waals surface area contributed by atoms with Crippen LogP contribution in [-0.4, -0.2) is 23.4 Å². The van der Waals surface area contributed by atoms with Crippen LogP contribution in [0, 0.1) is 11.8 Å². The van der Waals surface area contributed by atoms with Gasteiger partial charge in [0.05, 0.1) is 18.3 Å². The molecule has 2 aliphatic heterocycles. The van der Waals surface area contributed by atoms with E-state index in [0.717, 1.165) is 12.8 Å². The van der Waals surface area contributed by atoms with Gasteiger partial charge in [-0.1, -0.05) is 26.0 Å². The molecule has 1 N–H and O–H groups in total. The minimum Gasteiger partial charge on any atom is -0.392 e. The molecule has 2 nitrogen and oxygen atoms in total. The molecule has 0 amide bonds. The molecule has 1 unspecified atom stereocenters. The van der Waals surface area contributed by atoms with E-state index >= 15 is 0 Å². The van der Waals surface area contributed by atoms with Crippen molar-refractivity contribution >= 4 is 0 Å². The average molecular weight is 182 g/mol. The summed E-state index contributed by atoms with van der Waals surface area (Å²) in [4.78, 5) is 0. The molecule has 2 rings (SSSR count). The molecule has 1 fully saturated rings. The fraction of sp³-hybridized carbons (Fsp3) is 0.818. The molecule has 0 aromatic carbocycles. The van der Waals surface area contributed by atoms with Crippen molar-refractivity contribution in [3.63, 3.8) is 0 Å². The SMILES string of the molecule is CC[C@@H]1C(O)[C@H](CC)[C@@H]2C=C[C@H]1O2. The largest absolute Gasteiger partial charge is 0.392 e. The van der Waals surface area contributed by atoms with Crippen LogP contribution in [0.1, 0.15) is 26.7 Å². The molecule has 0 aromatic rings. The van der Waals surface area contributed by atoms with Crippen LogP contribution in [-0.2, 0) is 4.74 Å². The van der Waals surface area contributed by atoms with Gasteiger partial charge in [-0.15, -0.1) is 0 Å². The second-order valence-electron chi connectivity index (χ2n) is 4.09. The van der Waals surface area contributed by atoms with Crippen LogP contribution in [0.2, 0.25) is 0 Å². The van der Waals surface area contributed by atoms with Gasteiger partial charge in [-0.05, 0) is 12.8 Å². The Morgan fingerprint density at radius 2 is 1.54 bits per heavy atom. The summed E-state index contributed by atoms with van der Waals surface area (Å²) >= 11 is 0. The van der Waals surface area contributed by atoms with Gasteiger partial charge in [0.15, 0.2) is 0 Å². The van der Waals surface area contributed by atoms with Crippen molar-refractivity contribution in [2.75, 3.05) is 0 Å². The van der Waals surface area contributed by atoms with E-state index in [1.54, 1.807) is 0 Å². The Balaban J connectivity index is 2.18. The number of fused-ring (bicyclic) bond motifs is 2. The quantitative estimate of drug-likeness (QED) is 0.659. The van der Waals surface area contributed by atoms with Gasteiger partial charge < -0.3 is 9.84 Å². The van der Waals surface area contributed by atoms with E-state index in [4.69, 9.17) is 4.74 Å². The lowest BCUT2D eigenvalue weighted by atomic mass is 9.81. The standard InChI is InChI=1S/C11H18O2/c1-3-7-9-5-6-10(13-9)8(4-2)11(7)12/h5-12H,3-4H2,1-2H3/t7-,8+,9+,10-,11?. The van der Waals surface area contributed by atoms with Crippen LogP contribution >= 0.6 is 0 Å². The topological polar surface area (TPSA) is 29.5 Å². The van der Waals surface area contributed by atoms with Crippen molar-refractivity contribution in [1.82, 2.24) is 0 Å². The first-order valence-corrected chi connectivity index (χ1v) is 5.29. The molecule has 1 saturated heterocycles. The molecule has 0 aromatic heterocycles. The number of aliphatic hydroxyl groups excluding tert-OH is 1. The van der Waals surface area contributed by atoms with E-state index < -0.39 is 0 Å². The molecule has 2 aliphatic rings. The summed E-state index contributed by atoms with van der Waals surface area (Å²) in [6, 6.07) is 0. The fourth-order valence-electron chi connectivity index (χ4n) is 2.63. The van der Waals surface area contributed by atoms with Gasteiger partial charge in [-0.25, -0.2) is 0 Å². The molecular weight excluding hydrogens is 164 g/mol. The molecular formula is C11H18O2.